The van der Waals surface area contributed by atoms with E-state index in [9.17, 15) is 13.6 Å². The summed E-state index contributed by atoms with van der Waals surface area (Å²) in [5.41, 5.74) is 0.275. The SMILES string of the molecule is CCC(F)(F)c1cccc(CC(=O)O)c1. The molecule has 1 N–H and O–H groups in total. The predicted octanol–water partition coefficient (Wildman–Crippen LogP) is 2.82. The van der Waals surface area contributed by atoms with Gasteiger partial charge in [-0.15, -0.1) is 0 Å². The topological polar surface area (TPSA) is 37.3 Å². The number of hydrogen-bond donors (Lipinski definition) is 1. The molecule has 0 aromatic heterocycles. The number of carbonyl (C=O) groups is 1. The summed E-state index contributed by atoms with van der Waals surface area (Å²) in [4.78, 5) is 10.4. The number of carboxylic acids is 1. The second kappa shape index (κ2) is 4.38. The molecule has 1 aromatic carbocycles. The molecule has 82 valence electrons. The summed E-state index contributed by atoms with van der Waals surface area (Å²) < 4.78 is 26.5. The van der Waals surface area contributed by atoms with Gasteiger partial charge in [0.05, 0.1) is 6.42 Å². The van der Waals surface area contributed by atoms with Gasteiger partial charge in [0, 0.05) is 12.0 Å². The number of aliphatic carboxylic acids is 1. The Bertz CT molecular complexity index is 361. The summed E-state index contributed by atoms with van der Waals surface area (Å²) in [6.07, 6.45) is -0.517. The van der Waals surface area contributed by atoms with E-state index in [4.69, 9.17) is 5.11 Å². The summed E-state index contributed by atoms with van der Waals surface area (Å²) in [5.74, 6) is -3.90. The van der Waals surface area contributed by atoms with Crippen molar-refractivity contribution in [3.8, 4) is 0 Å². The highest BCUT2D eigenvalue weighted by molar-refractivity contribution is 5.70. The normalized spacial score (nSPS) is 11.4. The molecule has 0 bridgehead atoms. The molecule has 0 atom stereocenters. The quantitative estimate of drug-likeness (QED) is 0.836. The molecule has 0 heterocycles. The van der Waals surface area contributed by atoms with Gasteiger partial charge in [0.25, 0.3) is 5.92 Å². The van der Waals surface area contributed by atoms with Gasteiger partial charge in [-0.2, -0.15) is 0 Å². The molecule has 0 aliphatic rings. The van der Waals surface area contributed by atoms with Crippen LogP contribution in [0.25, 0.3) is 0 Å². The van der Waals surface area contributed by atoms with E-state index in [-0.39, 0.29) is 18.4 Å². The summed E-state index contributed by atoms with van der Waals surface area (Å²) >= 11 is 0. The van der Waals surface area contributed by atoms with Gasteiger partial charge >= 0.3 is 5.97 Å². The highest BCUT2D eigenvalue weighted by atomic mass is 19.3. The van der Waals surface area contributed by atoms with Crippen molar-refractivity contribution in [1.82, 2.24) is 0 Å². The second-order valence-corrected chi connectivity index (χ2v) is 3.33. The highest BCUT2D eigenvalue weighted by Crippen LogP contribution is 2.31. The smallest absolute Gasteiger partial charge is 0.307 e. The second-order valence-electron chi connectivity index (χ2n) is 3.33. The standard InChI is InChI=1S/C11H12F2O2/c1-2-11(12,13)9-5-3-4-8(6-9)7-10(14)15/h3-6H,2,7H2,1H3,(H,14,15). The van der Waals surface area contributed by atoms with Crippen LogP contribution in [-0.2, 0) is 17.1 Å². The Labute approximate surface area is 86.5 Å². The van der Waals surface area contributed by atoms with Crippen molar-refractivity contribution in [3.05, 3.63) is 35.4 Å². The molecular formula is C11H12F2O2. The molecule has 0 unspecified atom stereocenters. The van der Waals surface area contributed by atoms with E-state index in [1.807, 2.05) is 0 Å². The first-order valence-electron chi connectivity index (χ1n) is 4.64. The Kier molecular flexibility index (Phi) is 3.39. The van der Waals surface area contributed by atoms with Crippen LogP contribution in [0.3, 0.4) is 0 Å². The van der Waals surface area contributed by atoms with Gasteiger partial charge in [0.1, 0.15) is 0 Å². The van der Waals surface area contributed by atoms with E-state index >= 15 is 0 Å². The van der Waals surface area contributed by atoms with E-state index in [0.29, 0.717) is 5.56 Å². The largest absolute Gasteiger partial charge is 0.481 e. The van der Waals surface area contributed by atoms with Crippen molar-refractivity contribution in [1.29, 1.82) is 0 Å². The van der Waals surface area contributed by atoms with E-state index in [0.717, 1.165) is 0 Å². The van der Waals surface area contributed by atoms with Gasteiger partial charge in [-0.3, -0.25) is 4.79 Å². The Balaban J connectivity index is 2.97. The number of carboxylic acid groups (broad SMARTS) is 1. The molecule has 0 fully saturated rings. The van der Waals surface area contributed by atoms with Gasteiger partial charge in [0.2, 0.25) is 0 Å². The molecule has 0 spiro atoms. The van der Waals surface area contributed by atoms with Crippen molar-refractivity contribution >= 4 is 5.97 Å². The molecule has 4 heteroatoms. The Hall–Kier alpha value is -1.45. The lowest BCUT2D eigenvalue weighted by atomic mass is 10.0. The molecule has 0 radical (unpaired) electrons. The fourth-order valence-electron chi connectivity index (χ4n) is 1.29. The monoisotopic (exact) mass is 214 g/mol. The van der Waals surface area contributed by atoms with Gasteiger partial charge in [-0.05, 0) is 11.6 Å². The molecule has 0 saturated carbocycles. The third-order valence-corrected chi connectivity index (χ3v) is 2.15. The maximum atomic E-state index is 13.3. The highest BCUT2D eigenvalue weighted by Gasteiger charge is 2.28. The zero-order valence-electron chi connectivity index (χ0n) is 8.34. The Morgan fingerprint density at radius 1 is 1.47 bits per heavy atom. The molecule has 0 saturated heterocycles. The Morgan fingerprint density at radius 2 is 2.13 bits per heavy atom. The molecule has 1 rings (SSSR count). The summed E-state index contributed by atoms with van der Waals surface area (Å²) in [6.45, 7) is 1.39. The zero-order valence-corrected chi connectivity index (χ0v) is 8.34. The summed E-state index contributed by atoms with van der Waals surface area (Å²) in [6, 6.07) is 5.55. The van der Waals surface area contributed by atoms with Crippen molar-refractivity contribution < 1.29 is 18.7 Å². The van der Waals surface area contributed by atoms with Gasteiger partial charge in [0.15, 0.2) is 0 Å². The van der Waals surface area contributed by atoms with E-state index in [1.54, 1.807) is 0 Å². The lowest BCUT2D eigenvalue weighted by Crippen LogP contribution is -2.12. The molecule has 1 aromatic rings. The molecule has 0 aliphatic carbocycles. The minimum absolute atomic E-state index is 0.122. The molecular weight excluding hydrogens is 202 g/mol. The fraction of sp³-hybridized carbons (Fsp3) is 0.364. The van der Waals surface area contributed by atoms with Crippen LogP contribution in [0, 0.1) is 0 Å². The third-order valence-electron chi connectivity index (χ3n) is 2.15. The molecule has 15 heavy (non-hydrogen) atoms. The number of benzene rings is 1. The van der Waals surface area contributed by atoms with E-state index < -0.39 is 11.9 Å². The van der Waals surface area contributed by atoms with Crippen molar-refractivity contribution in [2.45, 2.75) is 25.7 Å². The first-order chi connectivity index (χ1) is 6.95. The van der Waals surface area contributed by atoms with Crippen LogP contribution in [0.2, 0.25) is 0 Å². The van der Waals surface area contributed by atoms with Crippen LogP contribution < -0.4 is 0 Å². The van der Waals surface area contributed by atoms with Crippen LogP contribution in [0.15, 0.2) is 24.3 Å². The molecule has 2 nitrogen and oxygen atoms in total. The summed E-state index contributed by atoms with van der Waals surface area (Å²) in [5, 5.41) is 8.53. The van der Waals surface area contributed by atoms with Crippen molar-refractivity contribution in [3.63, 3.8) is 0 Å². The lowest BCUT2D eigenvalue weighted by Gasteiger charge is -2.14. The number of halogens is 2. The fourth-order valence-corrected chi connectivity index (χ4v) is 1.29. The van der Waals surface area contributed by atoms with E-state index in [2.05, 4.69) is 0 Å². The number of rotatable bonds is 4. The van der Waals surface area contributed by atoms with Crippen LogP contribution in [0.4, 0.5) is 8.78 Å². The third kappa shape index (κ3) is 3.01. The first kappa shape index (κ1) is 11.6. The predicted molar refractivity (Wildman–Crippen MR) is 52.0 cm³/mol. The summed E-state index contributed by atoms with van der Waals surface area (Å²) in [7, 11) is 0. The van der Waals surface area contributed by atoms with Gasteiger partial charge < -0.3 is 5.11 Å². The minimum atomic E-state index is -2.88. The maximum absolute atomic E-state index is 13.3. The van der Waals surface area contributed by atoms with Crippen LogP contribution in [-0.4, -0.2) is 11.1 Å². The van der Waals surface area contributed by atoms with Crippen LogP contribution in [0.1, 0.15) is 24.5 Å². The van der Waals surface area contributed by atoms with Gasteiger partial charge in [-0.25, -0.2) is 8.78 Å². The van der Waals surface area contributed by atoms with E-state index in [1.165, 1.54) is 31.2 Å². The average molecular weight is 214 g/mol. The van der Waals surface area contributed by atoms with Crippen molar-refractivity contribution in [2.75, 3.05) is 0 Å². The first-order valence-corrected chi connectivity index (χ1v) is 4.64. The Morgan fingerprint density at radius 3 is 2.67 bits per heavy atom. The van der Waals surface area contributed by atoms with Gasteiger partial charge in [-0.1, -0.05) is 25.1 Å². The van der Waals surface area contributed by atoms with Crippen LogP contribution in [0.5, 0.6) is 0 Å². The average Bonchev–Trinajstić information content (AvgIpc) is 2.17. The maximum Gasteiger partial charge on any atom is 0.307 e. The van der Waals surface area contributed by atoms with Crippen molar-refractivity contribution in [2.24, 2.45) is 0 Å². The molecule has 0 aliphatic heterocycles. The zero-order chi connectivity index (χ0) is 11.5. The molecule has 0 amide bonds. The number of alkyl halides is 2. The lowest BCUT2D eigenvalue weighted by molar-refractivity contribution is -0.136. The number of hydrogen-bond acceptors (Lipinski definition) is 1. The van der Waals surface area contributed by atoms with Crippen LogP contribution >= 0.6 is 0 Å². The minimum Gasteiger partial charge on any atom is -0.481 e.